The van der Waals surface area contributed by atoms with Crippen LogP contribution in [0.2, 0.25) is 0 Å². The minimum atomic E-state index is -0.490. The second-order valence-corrected chi connectivity index (χ2v) is 7.98. The molecule has 0 radical (unpaired) electrons. The molecular weight excluding hydrogens is 334 g/mol. The van der Waals surface area contributed by atoms with Crippen molar-refractivity contribution in [2.45, 2.75) is 38.5 Å². The summed E-state index contributed by atoms with van der Waals surface area (Å²) in [4.78, 5) is 1.95. The van der Waals surface area contributed by atoms with Gasteiger partial charge in [-0.1, -0.05) is 42.7 Å². The van der Waals surface area contributed by atoms with Crippen molar-refractivity contribution in [1.82, 2.24) is 0 Å². The Hall–Kier alpha value is -2.00. The molecule has 0 bridgehead atoms. The van der Waals surface area contributed by atoms with Gasteiger partial charge in [0.25, 0.3) is 0 Å². The van der Waals surface area contributed by atoms with Crippen LogP contribution in [0, 0.1) is 18.6 Å². The Morgan fingerprint density at radius 2 is 1.48 bits per heavy atom. The minimum Gasteiger partial charge on any atom is -0.206 e. The molecule has 25 heavy (non-hydrogen) atoms. The van der Waals surface area contributed by atoms with Gasteiger partial charge in [0, 0.05) is 9.75 Å². The molecule has 1 heterocycles. The Morgan fingerprint density at radius 1 is 0.840 bits per heavy atom. The zero-order valence-corrected chi connectivity index (χ0v) is 15.0. The molecule has 1 fully saturated rings. The lowest BCUT2D eigenvalue weighted by Gasteiger charge is -2.08. The van der Waals surface area contributed by atoms with Crippen LogP contribution >= 0.6 is 11.3 Å². The van der Waals surface area contributed by atoms with Crippen molar-refractivity contribution in [2.24, 2.45) is 0 Å². The molecule has 0 unspecified atom stereocenters. The van der Waals surface area contributed by atoms with Crippen LogP contribution < -0.4 is 0 Å². The number of benzene rings is 2. The van der Waals surface area contributed by atoms with Gasteiger partial charge >= 0.3 is 0 Å². The third-order valence-corrected chi connectivity index (χ3v) is 6.32. The van der Waals surface area contributed by atoms with Crippen LogP contribution in [0.5, 0.6) is 0 Å². The smallest absolute Gasteiger partial charge is 0.135 e. The molecule has 1 aromatic heterocycles. The summed E-state index contributed by atoms with van der Waals surface area (Å²) >= 11 is 1.54. The van der Waals surface area contributed by atoms with E-state index in [4.69, 9.17) is 0 Å². The van der Waals surface area contributed by atoms with Crippen molar-refractivity contribution >= 4 is 11.3 Å². The highest BCUT2D eigenvalue weighted by molar-refractivity contribution is 7.15. The second-order valence-electron chi connectivity index (χ2n) is 6.86. The maximum atomic E-state index is 14.7. The summed E-state index contributed by atoms with van der Waals surface area (Å²) in [5.41, 5.74) is 2.63. The Morgan fingerprint density at radius 3 is 2.12 bits per heavy atom. The van der Waals surface area contributed by atoms with Crippen molar-refractivity contribution in [1.29, 1.82) is 0 Å². The van der Waals surface area contributed by atoms with Gasteiger partial charge in [-0.25, -0.2) is 8.78 Å². The molecule has 0 N–H and O–H groups in total. The molecule has 0 aliphatic heterocycles. The number of aryl methyl sites for hydroxylation is 1. The van der Waals surface area contributed by atoms with E-state index in [1.807, 2.05) is 43.3 Å². The topological polar surface area (TPSA) is 0 Å². The van der Waals surface area contributed by atoms with Crippen molar-refractivity contribution in [3.8, 4) is 21.6 Å². The fraction of sp³-hybridized carbons (Fsp3) is 0.273. The second kappa shape index (κ2) is 6.72. The van der Waals surface area contributed by atoms with Gasteiger partial charge in [-0.15, -0.1) is 11.3 Å². The maximum absolute atomic E-state index is 14.7. The quantitative estimate of drug-likeness (QED) is 0.462. The van der Waals surface area contributed by atoms with Crippen LogP contribution in [0.3, 0.4) is 0 Å². The lowest BCUT2D eigenvalue weighted by atomic mass is 10.0. The first-order valence-corrected chi connectivity index (χ1v) is 9.59. The van der Waals surface area contributed by atoms with Crippen LogP contribution in [0.1, 0.15) is 42.0 Å². The van der Waals surface area contributed by atoms with E-state index >= 15 is 0 Å². The van der Waals surface area contributed by atoms with Gasteiger partial charge in [-0.2, -0.15) is 0 Å². The SMILES string of the molecule is Cc1ccc(-c2cc(F)c(-c3ccc(C4CCCC4)s3)c(F)c2)cc1. The molecule has 0 amide bonds. The Kier molecular flexibility index (Phi) is 4.43. The van der Waals surface area contributed by atoms with Crippen molar-refractivity contribution in [3.63, 3.8) is 0 Å². The monoisotopic (exact) mass is 354 g/mol. The number of rotatable bonds is 3. The minimum absolute atomic E-state index is 0.102. The summed E-state index contributed by atoms with van der Waals surface area (Å²) in [7, 11) is 0. The summed E-state index contributed by atoms with van der Waals surface area (Å²) in [5.74, 6) is -0.414. The standard InChI is InChI=1S/C22H20F2S/c1-14-6-8-15(9-7-14)17-12-18(23)22(19(24)13-17)21-11-10-20(25-21)16-4-2-3-5-16/h6-13,16H,2-5H2,1H3. The molecule has 3 heteroatoms. The van der Waals surface area contributed by atoms with E-state index in [1.165, 1.54) is 54.0 Å². The van der Waals surface area contributed by atoms with E-state index in [2.05, 4.69) is 0 Å². The molecule has 1 aliphatic rings. The summed E-state index contributed by atoms with van der Waals surface area (Å²) < 4.78 is 29.4. The maximum Gasteiger partial charge on any atom is 0.135 e. The normalized spacial score (nSPS) is 15.0. The number of hydrogen-bond donors (Lipinski definition) is 0. The van der Waals surface area contributed by atoms with Gasteiger partial charge in [-0.05, 0) is 61.1 Å². The summed E-state index contributed by atoms with van der Waals surface area (Å²) in [6.45, 7) is 1.99. The van der Waals surface area contributed by atoms with Crippen molar-refractivity contribution < 1.29 is 8.78 Å². The van der Waals surface area contributed by atoms with E-state index in [0.29, 0.717) is 16.4 Å². The molecule has 0 atom stereocenters. The largest absolute Gasteiger partial charge is 0.206 e. The molecule has 3 aromatic rings. The molecule has 1 saturated carbocycles. The first-order valence-electron chi connectivity index (χ1n) is 8.78. The Balaban J connectivity index is 1.70. The van der Waals surface area contributed by atoms with Crippen LogP contribution in [0.25, 0.3) is 21.6 Å². The highest BCUT2D eigenvalue weighted by Crippen LogP contribution is 2.41. The van der Waals surface area contributed by atoms with Gasteiger partial charge in [0.15, 0.2) is 0 Å². The summed E-state index contributed by atoms with van der Waals surface area (Å²) in [6.07, 6.45) is 4.90. The number of thiophene rings is 1. The van der Waals surface area contributed by atoms with E-state index < -0.39 is 11.6 Å². The molecule has 0 nitrogen and oxygen atoms in total. The lowest BCUT2D eigenvalue weighted by Crippen LogP contribution is -1.91. The Labute approximate surface area is 151 Å². The van der Waals surface area contributed by atoms with Gasteiger partial charge in [0.2, 0.25) is 0 Å². The van der Waals surface area contributed by atoms with Crippen LogP contribution in [0.15, 0.2) is 48.5 Å². The predicted octanol–water partition coefficient (Wildman–Crippen LogP) is 7.33. The summed E-state index contributed by atoms with van der Waals surface area (Å²) in [6, 6.07) is 14.5. The zero-order chi connectivity index (χ0) is 17.4. The average Bonchev–Trinajstić information content (AvgIpc) is 3.26. The molecule has 4 rings (SSSR count). The molecule has 128 valence electrons. The highest BCUT2D eigenvalue weighted by Gasteiger charge is 2.21. The highest BCUT2D eigenvalue weighted by atomic mass is 32.1. The van der Waals surface area contributed by atoms with Crippen molar-refractivity contribution in [3.05, 3.63) is 70.6 Å². The summed E-state index contributed by atoms with van der Waals surface area (Å²) in [5, 5.41) is 0. The lowest BCUT2D eigenvalue weighted by molar-refractivity contribution is 0.591. The van der Waals surface area contributed by atoms with Gasteiger partial charge in [0.05, 0.1) is 5.56 Å². The number of halogens is 2. The van der Waals surface area contributed by atoms with E-state index in [0.717, 1.165) is 11.1 Å². The van der Waals surface area contributed by atoms with Crippen molar-refractivity contribution in [2.75, 3.05) is 0 Å². The van der Waals surface area contributed by atoms with Crippen LogP contribution in [-0.4, -0.2) is 0 Å². The molecule has 0 spiro atoms. The van der Waals surface area contributed by atoms with E-state index in [9.17, 15) is 8.78 Å². The van der Waals surface area contributed by atoms with Gasteiger partial charge in [-0.3, -0.25) is 0 Å². The third kappa shape index (κ3) is 3.25. The Bertz CT molecular complexity index is 864. The molecule has 0 saturated heterocycles. The fourth-order valence-electron chi connectivity index (χ4n) is 3.64. The third-order valence-electron chi connectivity index (χ3n) is 5.06. The fourth-order valence-corrected chi connectivity index (χ4v) is 4.86. The molecular formula is C22H20F2S. The predicted molar refractivity (Wildman–Crippen MR) is 101 cm³/mol. The van der Waals surface area contributed by atoms with E-state index in [1.54, 1.807) is 0 Å². The molecule has 2 aromatic carbocycles. The van der Waals surface area contributed by atoms with E-state index in [-0.39, 0.29) is 5.56 Å². The number of hydrogen-bond acceptors (Lipinski definition) is 1. The zero-order valence-electron chi connectivity index (χ0n) is 14.2. The van der Waals surface area contributed by atoms with Crippen LogP contribution in [0.4, 0.5) is 8.78 Å². The first-order chi connectivity index (χ1) is 12.1. The average molecular weight is 354 g/mol. The van der Waals surface area contributed by atoms with Crippen LogP contribution in [-0.2, 0) is 0 Å². The van der Waals surface area contributed by atoms with Gasteiger partial charge < -0.3 is 0 Å². The molecule has 1 aliphatic carbocycles. The first kappa shape index (κ1) is 16.5. The van der Waals surface area contributed by atoms with Gasteiger partial charge in [0.1, 0.15) is 11.6 Å².